The summed E-state index contributed by atoms with van der Waals surface area (Å²) in [7, 11) is 1.56. The molecule has 1 unspecified atom stereocenters. The Labute approximate surface area is 143 Å². The summed E-state index contributed by atoms with van der Waals surface area (Å²) in [5.41, 5.74) is 7.36. The van der Waals surface area contributed by atoms with E-state index in [1.54, 1.807) is 7.11 Å². The second-order valence-electron chi connectivity index (χ2n) is 6.19. The summed E-state index contributed by atoms with van der Waals surface area (Å²) in [6.07, 6.45) is 0.827. The lowest BCUT2D eigenvalue weighted by molar-refractivity contribution is -0.133. The molecule has 6 nitrogen and oxygen atoms in total. The first kappa shape index (κ1) is 18.4. The Balaban J connectivity index is 1.95. The van der Waals surface area contributed by atoms with Gasteiger partial charge in [0, 0.05) is 45.4 Å². The lowest BCUT2D eigenvalue weighted by Crippen LogP contribution is -2.39. The summed E-state index contributed by atoms with van der Waals surface area (Å²) in [4.78, 5) is 28.6. The number of rotatable bonds is 5. The average molecular weight is 333 g/mol. The monoisotopic (exact) mass is 333 g/mol. The Morgan fingerprint density at radius 1 is 1.21 bits per heavy atom. The molecule has 132 valence electrons. The van der Waals surface area contributed by atoms with Gasteiger partial charge in [-0.05, 0) is 25.5 Å². The maximum Gasteiger partial charge on any atom is 0.253 e. The van der Waals surface area contributed by atoms with Crippen molar-refractivity contribution < 1.29 is 14.3 Å². The maximum absolute atomic E-state index is 12.6. The van der Waals surface area contributed by atoms with E-state index in [4.69, 9.17) is 10.5 Å². The van der Waals surface area contributed by atoms with Gasteiger partial charge in [-0.15, -0.1) is 0 Å². The zero-order valence-corrected chi connectivity index (χ0v) is 14.5. The minimum absolute atomic E-state index is 0.0322. The molecule has 1 fully saturated rings. The number of benzene rings is 1. The number of carbonyl (C=O) groups is 2. The predicted octanol–water partition coefficient (Wildman–Crippen LogP) is 1.03. The zero-order valence-electron chi connectivity index (χ0n) is 14.5. The Morgan fingerprint density at radius 3 is 2.58 bits per heavy atom. The van der Waals surface area contributed by atoms with Gasteiger partial charge >= 0.3 is 0 Å². The topological polar surface area (TPSA) is 75.9 Å². The van der Waals surface area contributed by atoms with Crippen molar-refractivity contribution in [1.82, 2.24) is 9.80 Å². The standard InChI is InChI=1S/C18H27N3O3/c1-14-5-3-6-15(11-14)18(23)21-8-4-7-20(9-10-21)17(22)12-16(13-19)24-2/h3,5-6,11,16H,4,7-10,12-13,19H2,1-2H3. The average Bonchev–Trinajstić information content (AvgIpc) is 2.85. The van der Waals surface area contributed by atoms with Gasteiger partial charge in [0.1, 0.15) is 0 Å². The van der Waals surface area contributed by atoms with Gasteiger partial charge in [-0.3, -0.25) is 9.59 Å². The first-order chi connectivity index (χ1) is 11.5. The van der Waals surface area contributed by atoms with E-state index in [2.05, 4.69) is 0 Å². The number of aryl methyl sites for hydroxylation is 1. The first-order valence-electron chi connectivity index (χ1n) is 8.41. The van der Waals surface area contributed by atoms with Gasteiger partial charge < -0.3 is 20.3 Å². The Kier molecular flexibility index (Phi) is 6.75. The SMILES string of the molecule is COC(CN)CC(=O)N1CCCN(C(=O)c2cccc(C)c2)CC1. The van der Waals surface area contributed by atoms with Crippen molar-refractivity contribution in [3.05, 3.63) is 35.4 Å². The third-order valence-corrected chi connectivity index (χ3v) is 4.40. The number of hydrogen-bond acceptors (Lipinski definition) is 4. The van der Waals surface area contributed by atoms with E-state index in [-0.39, 0.29) is 17.9 Å². The largest absolute Gasteiger partial charge is 0.380 e. The van der Waals surface area contributed by atoms with Crippen LogP contribution in [0.5, 0.6) is 0 Å². The van der Waals surface area contributed by atoms with Crippen molar-refractivity contribution >= 4 is 11.8 Å². The van der Waals surface area contributed by atoms with Crippen molar-refractivity contribution in [2.75, 3.05) is 39.8 Å². The van der Waals surface area contributed by atoms with Crippen LogP contribution in [0.4, 0.5) is 0 Å². The summed E-state index contributed by atoms with van der Waals surface area (Å²) in [5, 5.41) is 0. The molecule has 0 saturated carbocycles. The van der Waals surface area contributed by atoms with Crippen LogP contribution in [0.3, 0.4) is 0 Å². The van der Waals surface area contributed by atoms with Gasteiger partial charge in [0.2, 0.25) is 5.91 Å². The van der Waals surface area contributed by atoms with Crippen LogP contribution in [0.2, 0.25) is 0 Å². The van der Waals surface area contributed by atoms with Crippen LogP contribution >= 0.6 is 0 Å². The molecule has 1 atom stereocenters. The summed E-state index contributed by atoms with van der Waals surface area (Å²) in [6.45, 7) is 4.74. The number of carbonyl (C=O) groups excluding carboxylic acids is 2. The second kappa shape index (κ2) is 8.80. The van der Waals surface area contributed by atoms with Gasteiger partial charge in [0.15, 0.2) is 0 Å². The molecule has 2 rings (SSSR count). The van der Waals surface area contributed by atoms with Crippen LogP contribution in [0, 0.1) is 6.92 Å². The summed E-state index contributed by atoms with van der Waals surface area (Å²) >= 11 is 0. The van der Waals surface area contributed by atoms with E-state index in [9.17, 15) is 9.59 Å². The van der Waals surface area contributed by atoms with E-state index >= 15 is 0 Å². The normalized spacial score (nSPS) is 16.6. The molecule has 1 aromatic carbocycles. The number of amides is 2. The molecule has 0 aliphatic carbocycles. The van der Waals surface area contributed by atoms with E-state index < -0.39 is 0 Å². The van der Waals surface area contributed by atoms with Gasteiger partial charge in [-0.25, -0.2) is 0 Å². The third kappa shape index (κ3) is 4.79. The van der Waals surface area contributed by atoms with E-state index in [1.165, 1.54) is 0 Å². The van der Waals surface area contributed by atoms with E-state index in [1.807, 2.05) is 41.0 Å². The highest BCUT2D eigenvalue weighted by atomic mass is 16.5. The smallest absolute Gasteiger partial charge is 0.253 e. The second-order valence-corrected chi connectivity index (χ2v) is 6.19. The quantitative estimate of drug-likeness (QED) is 0.873. The molecular weight excluding hydrogens is 306 g/mol. The van der Waals surface area contributed by atoms with Crippen molar-refractivity contribution in [2.24, 2.45) is 5.73 Å². The molecule has 1 saturated heterocycles. The fourth-order valence-corrected chi connectivity index (χ4v) is 2.92. The molecule has 6 heteroatoms. The summed E-state index contributed by atoms with van der Waals surface area (Å²) in [6, 6.07) is 7.62. The molecule has 1 aliphatic heterocycles. The number of methoxy groups -OCH3 is 1. The lowest BCUT2D eigenvalue weighted by atomic mass is 10.1. The number of nitrogens with two attached hydrogens (primary N) is 1. The molecule has 0 aromatic heterocycles. The molecular formula is C18H27N3O3. The molecule has 1 aromatic rings. The van der Waals surface area contributed by atoms with Gasteiger partial charge in [0.05, 0.1) is 12.5 Å². The Bertz CT molecular complexity index is 572. The third-order valence-electron chi connectivity index (χ3n) is 4.40. The Hall–Kier alpha value is -1.92. The minimum atomic E-state index is -0.245. The van der Waals surface area contributed by atoms with Crippen molar-refractivity contribution in [3.63, 3.8) is 0 Å². The number of nitrogens with zero attached hydrogens (tertiary/aromatic N) is 2. The first-order valence-corrected chi connectivity index (χ1v) is 8.41. The lowest BCUT2D eigenvalue weighted by Gasteiger charge is -2.23. The zero-order chi connectivity index (χ0) is 17.5. The van der Waals surface area contributed by atoms with Crippen LogP contribution in [0.25, 0.3) is 0 Å². The molecule has 0 spiro atoms. The molecule has 1 heterocycles. The van der Waals surface area contributed by atoms with Gasteiger partial charge in [-0.2, -0.15) is 0 Å². The van der Waals surface area contributed by atoms with Crippen LogP contribution in [-0.2, 0) is 9.53 Å². The highest BCUT2D eigenvalue weighted by Gasteiger charge is 2.24. The van der Waals surface area contributed by atoms with Gasteiger partial charge in [-0.1, -0.05) is 17.7 Å². The van der Waals surface area contributed by atoms with Crippen LogP contribution < -0.4 is 5.73 Å². The van der Waals surface area contributed by atoms with E-state index in [0.717, 1.165) is 12.0 Å². The molecule has 1 aliphatic rings. The molecule has 24 heavy (non-hydrogen) atoms. The molecule has 0 bridgehead atoms. The fourth-order valence-electron chi connectivity index (χ4n) is 2.92. The van der Waals surface area contributed by atoms with E-state index in [0.29, 0.717) is 44.7 Å². The molecule has 2 N–H and O–H groups in total. The molecule has 0 radical (unpaired) electrons. The van der Waals surface area contributed by atoms with Crippen LogP contribution in [0.15, 0.2) is 24.3 Å². The fraction of sp³-hybridized carbons (Fsp3) is 0.556. The van der Waals surface area contributed by atoms with Crippen LogP contribution in [0.1, 0.15) is 28.8 Å². The summed E-state index contributed by atoms with van der Waals surface area (Å²) < 4.78 is 5.18. The highest BCUT2D eigenvalue weighted by Crippen LogP contribution is 2.12. The maximum atomic E-state index is 12.6. The van der Waals surface area contributed by atoms with Gasteiger partial charge in [0.25, 0.3) is 5.91 Å². The minimum Gasteiger partial charge on any atom is -0.380 e. The predicted molar refractivity (Wildman–Crippen MR) is 92.7 cm³/mol. The summed E-state index contributed by atoms with van der Waals surface area (Å²) in [5.74, 6) is 0.0712. The van der Waals surface area contributed by atoms with Crippen molar-refractivity contribution in [3.8, 4) is 0 Å². The number of ether oxygens (including phenoxy) is 1. The number of hydrogen-bond donors (Lipinski definition) is 1. The van der Waals surface area contributed by atoms with Crippen molar-refractivity contribution in [1.29, 1.82) is 0 Å². The van der Waals surface area contributed by atoms with Crippen LogP contribution in [-0.4, -0.2) is 67.6 Å². The Morgan fingerprint density at radius 2 is 1.92 bits per heavy atom. The van der Waals surface area contributed by atoms with Crippen molar-refractivity contribution in [2.45, 2.75) is 25.9 Å². The highest BCUT2D eigenvalue weighted by molar-refractivity contribution is 5.94. The molecule has 2 amide bonds.